The van der Waals surface area contributed by atoms with Crippen molar-refractivity contribution < 1.29 is 9.13 Å². The lowest BCUT2D eigenvalue weighted by Gasteiger charge is -2.11. The second kappa shape index (κ2) is 6.02. The molecule has 4 heteroatoms. The SMILES string of the molecule is Cc1cc(COc2ccccc2C)n(-c2ccc(F)cc2)n1. The van der Waals surface area contributed by atoms with Gasteiger partial charge in [0.1, 0.15) is 18.2 Å². The van der Waals surface area contributed by atoms with E-state index < -0.39 is 0 Å². The molecule has 3 aromatic rings. The van der Waals surface area contributed by atoms with Gasteiger partial charge in [-0.05, 0) is 55.8 Å². The summed E-state index contributed by atoms with van der Waals surface area (Å²) in [6.07, 6.45) is 0. The van der Waals surface area contributed by atoms with Crippen molar-refractivity contribution in [3.8, 4) is 11.4 Å². The average Bonchev–Trinajstić information content (AvgIpc) is 2.88. The van der Waals surface area contributed by atoms with E-state index in [-0.39, 0.29) is 5.82 Å². The van der Waals surface area contributed by atoms with Crippen molar-refractivity contribution in [2.24, 2.45) is 0 Å². The van der Waals surface area contributed by atoms with Crippen LogP contribution < -0.4 is 4.74 Å². The second-order valence-corrected chi connectivity index (χ2v) is 5.22. The molecular formula is C18H17FN2O. The first-order valence-electron chi connectivity index (χ1n) is 7.13. The van der Waals surface area contributed by atoms with Crippen molar-refractivity contribution in [3.63, 3.8) is 0 Å². The molecular weight excluding hydrogens is 279 g/mol. The van der Waals surface area contributed by atoms with E-state index in [1.807, 2.05) is 44.2 Å². The molecule has 1 aromatic heterocycles. The number of halogens is 1. The highest BCUT2D eigenvalue weighted by molar-refractivity contribution is 5.35. The van der Waals surface area contributed by atoms with Gasteiger partial charge in [-0.25, -0.2) is 9.07 Å². The smallest absolute Gasteiger partial charge is 0.130 e. The van der Waals surface area contributed by atoms with E-state index in [9.17, 15) is 4.39 Å². The molecule has 0 amide bonds. The van der Waals surface area contributed by atoms with Gasteiger partial charge < -0.3 is 4.74 Å². The fraction of sp³-hybridized carbons (Fsp3) is 0.167. The van der Waals surface area contributed by atoms with Crippen molar-refractivity contribution in [3.05, 3.63) is 77.4 Å². The Hall–Kier alpha value is -2.62. The van der Waals surface area contributed by atoms with Crippen molar-refractivity contribution in [2.75, 3.05) is 0 Å². The first-order chi connectivity index (χ1) is 10.6. The number of aromatic nitrogens is 2. The Balaban J connectivity index is 1.85. The number of hydrogen-bond donors (Lipinski definition) is 0. The van der Waals surface area contributed by atoms with E-state index >= 15 is 0 Å². The third-order valence-electron chi connectivity index (χ3n) is 3.45. The molecule has 3 nitrogen and oxygen atoms in total. The van der Waals surface area contributed by atoms with Gasteiger partial charge >= 0.3 is 0 Å². The van der Waals surface area contributed by atoms with Gasteiger partial charge in [0.05, 0.1) is 17.1 Å². The maximum absolute atomic E-state index is 13.1. The first kappa shape index (κ1) is 14.3. The van der Waals surface area contributed by atoms with Crippen LogP contribution in [0, 0.1) is 19.7 Å². The third-order valence-corrected chi connectivity index (χ3v) is 3.45. The summed E-state index contributed by atoms with van der Waals surface area (Å²) >= 11 is 0. The number of aryl methyl sites for hydroxylation is 2. The minimum absolute atomic E-state index is 0.259. The van der Waals surface area contributed by atoms with E-state index in [2.05, 4.69) is 5.10 Å². The number of rotatable bonds is 4. The van der Waals surface area contributed by atoms with E-state index in [0.717, 1.165) is 28.4 Å². The fourth-order valence-electron chi connectivity index (χ4n) is 2.33. The summed E-state index contributed by atoms with van der Waals surface area (Å²) in [5.74, 6) is 0.595. The number of ether oxygens (including phenoxy) is 1. The zero-order valence-electron chi connectivity index (χ0n) is 12.6. The van der Waals surface area contributed by atoms with Crippen LogP contribution in [-0.2, 0) is 6.61 Å². The molecule has 0 N–H and O–H groups in total. The average molecular weight is 296 g/mol. The van der Waals surface area contributed by atoms with Gasteiger partial charge in [-0.3, -0.25) is 0 Å². The van der Waals surface area contributed by atoms with Crippen LogP contribution in [0.1, 0.15) is 17.0 Å². The predicted molar refractivity (Wildman–Crippen MR) is 83.8 cm³/mol. The van der Waals surface area contributed by atoms with E-state index in [1.54, 1.807) is 16.8 Å². The molecule has 22 heavy (non-hydrogen) atoms. The lowest BCUT2D eigenvalue weighted by molar-refractivity contribution is 0.295. The topological polar surface area (TPSA) is 27.1 Å². The summed E-state index contributed by atoms with van der Waals surface area (Å²) in [6.45, 7) is 4.35. The number of nitrogens with zero attached hydrogens (tertiary/aromatic N) is 2. The normalized spacial score (nSPS) is 10.7. The lowest BCUT2D eigenvalue weighted by Crippen LogP contribution is -2.06. The summed E-state index contributed by atoms with van der Waals surface area (Å²) in [7, 11) is 0. The molecule has 0 atom stereocenters. The molecule has 0 radical (unpaired) electrons. The fourth-order valence-corrected chi connectivity index (χ4v) is 2.33. The molecule has 0 saturated heterocycles. The minimum Gasteiger partial charge on any atom is -0.487 e. The number of benzene rings is 2. The van der Waals surface area contributed by atoms with Crippen LogP contribution in [-0.4, -0.2) is 9.78 Å². The molecule has 1 heterocycles. The standard InChI is InChI=1S/C18H17FN2O/c1-13-5-3-4-6-18(13)22-12-17-11-14(2)20-21(17)16-9-7-15(19)8-10-16/h3-11H,12H2,1-2H3. The van der Waals surface area contributed by atoms with Crippen molar-refractivity contribution in [2.45, 2.75) is 20.5 Å². The summed E-state index contributed by atoms with van der Waals surface area (Å²) in [5.41, 5.74) is 3.73. The molecule has 0 saturated carbocycles. The molecule has 2 aromatic carbocycles. The van der Waals surface area contributed by atoms with Crippen molar-refractivity contribution in [1.29, 1.82) is 0 Å². The number of hydrogen-bond acceptors (Lipinski definition) is 2. The Bertz CT molecular complexity index is 778. The van der Waals surface area contributed by atoms with Crippen LogP contribution in [0.2, 0.25) is 0 Å². The molecule has 0 aliphatic rings. The van der Waals surface area contributed by atoms with Crippen LogP contribution >= 0.6 is 0 Å². The largest absolute Gasteiger partial charge is 0.487 e. The Labute approximate surface area is 129 Å². The molecule has 0 unspecified atom stereocenters. The Morgan fingerprint density at radius 2 is 1.77 bits per heavy atom. The maximum Gasteiger partial charge on any atom is 0.130 e. The molecule has 3 rings (SSSR count). The van der Waals surface area contributed by atoms with Crippen LogP contribution in [0.5, 0.6) is 5.75 Å². The van der Waals surface area contributed by atoms with Crippen molar-refractivity contribution >= 4 is 0 Å². The van der Waals surface area contributed by atoms with Gasteiger partial charge in [0, 0.05) is 0 Å². The van der Waals surface area contributed by atoms with E-state index in [1.165, 1.54) is 12.1 Å². The van der Waals surface area contributed by atoms with Crippen LogP contribution in [0.25, 0.3) is 5.69 Å². The molecule has 0 aliphatic carbocycles. The zero-order valence-corrected chi connectivity index (χ0v) is 12.6. The summed E-state index contributed by atoms with van der Waals surface area (Å²) in [5, 5.41) is 4.46. The molecule has 112 valence electrons. The lowest BCUT2D eigenvalue weighted by atomic mass is 10.2. The second-order valence-electron chi connectivity index (χ2n) is 5.22. The van der Waals surface area contributed by atoms with E-state index in [4.69, 9.17) is 4.74 Å². The number of para-hydroxylation sites is 1. The third kappa shape index (κ3) is 3.01. The zero-order chi connectivity index (χ0) is 15.5. The first-order valence-corrected chi connectivity index (χ1v) is 7.13. The monoisotopic (exact) mass is 296 g/mol. The maximum atomic E-state index is 13.1. The molecule has 0 fully saturated rings. The van der Waals surface area contributed by atoms with Gasteiger partial charge in [0.2, 0.25) is 0 Å². The summed E-state index contributed by atoms with van der Waals surface area (Å²) < 4.78 is 20.7. The van der Waals surface area contributed by atoms with Gasteiger partial charge in [0.15, 0.2) is 0 Å². The van der Waals surface area contributed by atoms with Crippen LogP contribution in [0.3, 0.4) is 0 Å². The summed E-state index contributed by atoms with van der Waals surface area (Å²) in [6, 6.07) is 16.1. The highest BCUT2D eigenvalue weighted by Crippen LogP contribution is 2.19. The molecule has 0 bridgehead atoms. The van der Waals surface area contributed by atoms with Crippen LogP contribution in [0.4, 0.5) is 4.39 Å². The van der Waals surface area contributed by atoms with Gasteiger partial charge in [-0.15, -0.1) is 0 Å². The van der Waals surface area contributed by atoms with E-state index in [0.29, 0.717) is 6.61 Å². The van der Waals surface area contributed by atoms with Gasteiger partial charge in [-0.1, -0.05) is 18.2 Å². The Morgan fingerprint density at radius 1 is 1.05 bits per heavy atom. The molecule has 0 aliphatic heterocycles. The van der Waals surface area contributed by atoms with Crippen LogP contribution in [0.15, 0.2) is 54.6 Å². The van der Waals surface area contributed by atoms with Gasteiger partial charge in [0.25, 0.3) is 0 Å². The van der Waals surface area contributed by atoms with Crippen molar-refractivity contribution in [1.82, 2.24) is 9.78 Å². The predicted octanol–water partition coefficient (Wildman–Crippen LogP) is 4.21. The Morgan fingerprint density at radius 3 is 2.50 bits per heavy atom. The highest BCUT2D eigenvalue weighted by Gasteiger charge is 2.09. The quantitative estimate of drug-likeness (QED) is 0.721. The Kier molecular flexibility index (Phi) is 3.92. The minimum atomic E-state index is -0.259. The highest BCUT2D eigenvalue weighted by atomic mass is 19.1. The summed E-state index contributed by atoms with van der Waals surface area (Å²) in [4.78, 5) is 0. The molecule has 0 spiro atoms. The van der Waals surface area contributed by atoms with Gasteiger partial charge in [-0.2, -0.15) is 5.10 Å².